The molecule has 1 aliphatic rings. The minimum absolute atomic E-state index is 0.0801. The Hall–Kier alpha value is -2.33. The van der Waals surface area contributed by atoms with E-state index in [0.717, 1.165) is 25.8 Å². The Morgan fingerprint density at radius 1 is 1.12 bits per heavy atom. The number of nitrogens with one attached hydrogen (secondary N) is 3. The highest BCUT2D eigenvalue weighted by Gasteiger charge is 2.18. The average molecular weight is 337 g/mol. The maximum absolute atomic E-state index is 12.2. The van der Waals surface area contributed by atoms with Crippen LogP contribution in [0.5, 0.6) is 0 Å². The van der Waals surface area contributed by atoms with Crippen LogP contribution in [-0.2, 0) is 19.4 Å². The Bertz CT molecular complexity index is 687. The Balaban J connectivity index is 1.44. The maximum Gasteiger partial charge on any atom is 0.315 e. The van der Waals surface area contributed by atoms with E-state index in [4.69, 9.17) is 0 Å². The van der Waals surface area contributed by atoms with E-state index in [-0.39, 0.29) is 18.1 Å². The number of carbonyl (C=O) groups excluding carboxylic acids is 1. The summed E-state index contributed by atoms with van der Waals surface area (Å²) in [4.78, 5) is 12.2. The van der Waals surface area contributed by atoms with Crippen LogP contribution in [0.3, 0.4) is 0 Å². The van der Waals surface area contributed by atoms with Gasteiger partial charge in [0.25, 0.3) is 0 Å². The van der Waals surface area contributed by atoms with Crippen LogP contribution >= 0.6 is 0 Å². The molecule has 132 valence electrons. The van der Waals surface area contributed by atoms with Crippen molar-refractivity contribution in [3.63, 3.8) is 0 Å². The standard InChI is InChI=1S/C21H27N3O/c1-2-19(12-16-8-4-3-5-9-16)24-21(25)23-15-20-13-17-10-6-7-11-18(17)14-22-20/h3-11,19-20,22H,2,12-15H2,1H3,(H2,23,24,25). The van der Waals surface area contributed by atoms with Crippen LogP contribution in [0.4, 0.5) is 4.79 Å². The molecule has 4 heteroatoms. The van der Waals surface area contributed by atoms with Crippen LogP contribution in [0.1, 0.15) is 30.0 Å². The highest BCUT2D eigenvalue weighted by molar-refractivity contribution is 5.74. The van der Waals surface area contributed by atoms with E-state index in [9.17, 15) is 4.79 Å². The largest absolute Gasteiger partial charge is 0.337 e. The first-order chi connectivity index (χ1) is 12.2. The van der Waals surface area contributed by atoms with Crippen molar-refractivity contribution in [1.29, 1.82) is 0 Å². The van der Waals surface area contributed by atoms with Gasteiger partial charge in [-0.3, -0.25) is 0 Å². The zero-order valence-electron chi connectivity index (χ0n) is 14.8. The molecule has 0 saturated heterocycles. The summed E-state index contributed by atoms with van der Waals surface area (Å²) < 4.78 is 0. The summed E-state index contributed by atoms with van der Waals surface area (Å²) in [6.45, 7) is 3.62. The number of urea groups is 1. The second-order valence-electron chi connectivity index (χ2n) is 6.70. The molecule has 4 nitrogen and oxygen atoms in total. The van der Waals surface area contributed by atoms with E-state index < -0.39 is 0 Å². The molecule has 0 aromatic heterocycles. The van der Waals surface area contributed by atoms with Crippen molar-refractivity contribution in [3.8, 4) is 0 Å². The summed E-state index contributed by atoms with van der Waals surface area (Å²) in [6, 6.07) is 19.1. The van der Waals surface area contributed by atoms with Gasteiger partial charge in [-0.15, -0.1) is 0 Å². The monoisotopic (exact) mass is 337 g/mol. The van der Waals surface area contributed by atoms with Crippen LogP contribution < -0.4 is 16.0 Å². The van der Waals surface area contributed by atoms with Crippen LogP contribution in [0.15, 0.2) is 54.6 Å². The Kier molecular flexibility index (Phi) is 6.07. The fourth-order valence-electron chi connectivity index (χ4n) is 3.31. The summed E-state index contributed by atoms with van der Waals surface area (Å²) in [6.07, 6.45) is 2.73. The highest BCUT2D eigenvalue weighted by atomic mass is 16.2. The predicted molar refractivity (Wildman–Crippen MR) is 102 cm³/mol. The molecule has 2 aromatic rings. The number of fused-ring (bicyclic) bond motifs is 1. The lowest BCUT2D eigenvalue weighted by Gasteiger charge is -2.26. The minimum atomic E-state index is -0.0801. The van der Waals surface area contributed by atoms with Crippen molar-refractivity contribution in [1.82, 2.24) is 16.0 Å². The number of benzene rings is 2. The molecule has 3 rings (SSSR count). The van der Waals surface area contributed by atoms with Crippen molar-refractivity contribution in [2.75, 3.05) is 6.54 Å². The van der Waals surface area contributed by atoms with Gasteiger partial charge in [-0.25, -0.2) is 4.79 Å². The Labute approximate surface area is 150 Å². The van der Waals surface area contributed by atoms with Gasteiger partial charge in [0.2, 0.25) is 0 Å². The number of carbonyl (C=O) groups is 1. The fourth-order valence-corrected chi connectivity index (χ4v) is 3.31. The summed E-state index contributed by atoms with van der Waals surface area (Å²) in [7, 11) is 0. The van der Waals surface area contributed by atoms with Gasteiger partial charge in [0.05, 0.1) is 0 Å². The molecule has 0 spiro atoms. The average Bonchev–Trinajstić information content (AvgIpc) is 2.66. The van der Waals surface area contributed by atoms with E-state index in [1.807, 2.05) is 18.2 Å². The topological polar surface area (TPSA) is 53.2 Å². The minimum Gasteiger partial charge on any atom is -0.337 e. The van der Waals surface area contributed by atoms with Gasteiger partial charge in [0.15, 0.2) is 0 Å². The summed E-state index contributed by atoms with van der Waals surface area (Å²) in [5.41, 5.74) is 3.99. The summed E-state index contributed by atoms with van der Waals surface area (Å²) >= 11 is 0. The molecule has 25 heavy (non-hydrogen) atoms. The zero-order valence-corrected chi connectivity index (χ0v) is 14.8. The number of amides is 2. The van der Waals surface area contributed by atoms with E-state index in [2.05, 4.69) is 59.3 Å². The third-order valence-electron chi connectivity index (χ3n) is 4.83. The molecule has 1 aliphatic heterocycles. The van der Waals surface area contributed by atoms with Gasteiger partial charge < -0.3 is 16.0 Å². The lowest BCUT2D eigenvalue weighted by molar-refractivity contribution is 0.234. The second-order valence-corrected chi connectivity index (χ2v) is 6.70. The van der Waals surface area contributed by atoms with Crippen LogP contribution in [-0.4, -0.2) is 24.7 Å². The first kappa shape index (κ1) is 17.5. The molecule has 2 aromatic carbocycles. The molecule has 2 amide bonds. The molecular weight excluding hydrogens is 310 g/mol. The Morgan fingerprint density at radius 2 is 1.84 bits per heavy atom. The van der Waals surface area contributed by atoms with Crippen molar-refractivity contribution < 1.29 is 4.79 Å². The van der Waals surface area contributed by atoms with Crippen LogP contribution in [0, 0.1) is 0 Å². The molecule has 2 atom stereocenters. The van der Waals surface area contributed by atoms with Crippen LogP contribution in [0.2, 0.25) is 0 Å². The zero-order chi connectivity index (χ0) is 17.5. The quantitative estimate of drug-likeness (QED) is 0.759. The third-order valence-corrected chi connectivity index (χ3v) is 4.83. The first-order valence-electron chi connectivity index (χ1n) is 9.13. The lowest BCUT2D eigenvalue weighted by atomic mass is 9.96. The van der Waals surface area contributed by atoms with E-state index in [1.54, 1.807) is 0 Å². The maximum atomic E-state index is 12.2. The van der Waals surface area contributed by atoms with Crippen molar-refractivity contribution in [3.05, 3.63) is 71.3 Å². The van der Waals surface area contributed by atoms with E-state index in [0.29, 0.717) is 6.54 Å². The third kappa shape index (κ3) is 5.07. The van der Waals surface area contributed by atoms with E-state index in [1.165, 1.54) is 16.7 Å². The van der Waals surface area contributed by atoms with Crippen LogP contribution in [0.25, 0.3) is 0 Å². The lowest BCUT2D eigenvalue weighted by Crippen LogP contribution is -2.49. The second kappa shape index (κ2) is 8.67. The number of hydrogen-bond donors (Lipinski definition) is 3. The molecule has 0 saturated carbocycles. The van der Waals surface area contributed by atoms with Crippen molar-refractivity contribution in [2.45, 2.75) is 44.8 Å². The molecule has 3 N–H and O–H groups in total. The van der Waals surface area contributed by atoms with Gasteiger partial charge in [-0.2, -0.15) is 0 Å². The molecule has 0 bridgehead atoms. The molecule has 1 heterocycles. The molecule has 2 unspecified atom stereocenters. The van der Waals surface area contributed by atoms with Gasteiger partial charge in [0.1, 0.15) is 0 Å². The predicted octanol–water partition coefficient (Wildman–Crippen LogP) is 3.02. The SMILES string of the molecule is CCC(Cc1ccccc1)NC(=O)NCC1Cc2ccccc2CN1. The first-order valence-corrected chi connectivity index (χ1v) is 9.13. The highest BCUT2D eigenvalue weighted by Crippen LogP contribution is 2.15. The summed E-state index contributed by atoms with van der Waals surface area (Å²) in [5, 5.41) is 9.61. The van der Waals surface area contributed by atoms with Crippen molar-refractivity contribution >= 4 is 6.03 Å². The molecule has 0 aliphatic carbocycles. The number of rotatable bonds is 6. The normalized spacial score (nSPS) is 17.4. The van der Waals surface area contributed by atoms with Gasteiger partial charge in [0, 0.05) is 25.2 Å². The van der Waals surface area contributed by atoms with Gasteiger partial charge in [-0.05, 0) is 36.0 Å². The Morgan fingerprint density at radius 3 is 2.60 bits per heavy atom. The molecule has 0 fully saturated rings. The molecular formula is C21H27N3O. The smallest absolute Gasteiger partial charge is 0.315 e. The van der Waals surface area contributed by atoms with Gasteiger partial charge >= 0.3 is 6.03 Å². The number of hydrogen-bond acceptors (Lipinski definition) is 2. The summed E-state index contributed by atoms with van der Waals surface area (Å²) in [5.74, 6) is 0. The van der Waals surface area contributed by atoms with E-state index >= 15 is 0 Å². The van der Waals surface area contributed by atoms with Crippen molar-refractivity contribution in [2.24, 2.45) is 0 Å². The molecule has 0 radical (unpaired) electrons. The van der Waals surface area contributed by atoms with Gasteiger partial charge in [-0.1, -0.05) is 61.5 Å². The fraction of sp³-hybridized carbons (Fsp3) is 0.381.